The van der Waals surface area contributed by atoms with Gasteiger partial charge in [0.2, 0.25) is 0 Å². The average Bonchev–Trinajstić information content (AvgIpc) is 3.14. The van der Waals surface area contributed by atoms with E-state index in [1.807, 2.05) is 19.1 Å². The monoisotopic (exact) mass is 406 g/mol. The molecule has 1 heterocycles. The van der Waals surface area contributed by atoms with Crippen LogP contribution >= 0.6 is 11.6 Å². The fraction of sp³-hybridized carbons (Fsp3) is 0.500. The molecule has 6 heteroatoms. The van der Waals surface area contributed by atoms with E-state index in [9.17, 15) is 4.79 Å². The van der Waals surface area contributed by atoms with Crippen molar-refractivity contribution in [3.05, 3.63) is 51.9 Å². The Bertz CT molecular complexity index is 782. The Kier molecular flexibility index (Phi) is 8.39. The molecule has 28 heavy (non-hydrogen) atoms. The Balaban J connectivity index is 1.95. The van der Waals surface area contributed by atoms with Gasteiger partial charge in [0.15, 0.2) is 5.76 Å². The lowest BCUT2D eigenvalue weighted by atomic mass is 10.0. The van der Waals surface area contributed by atoms with Crippen LogP contribution in [0.1, 0.15) is 61.1 Å². The van der Waals surface area contributed by atoms with Crippen molar-refractivity contribution in [2.24, 2.45) is 0 Å². The van der Waals surface area contributed by atoms with Gasteiger partial charge < -0.3 is 19.4 Å². The predicted octanol–water partition coefficient (Wildman–Crippen LogP) is 5.02. The third-order valence-electron chi connectivity index (χ3n) is 4.78. The maximum atomic E-state index is 12.2. The summed E-state index contributed by atoms with van der Waals surface area (Å²) in [5.41, 5.74) is 2.02. The highest BCUT2D eigenvalue weighted by molar-refractivity contribution is 6.31. The van der Waals surface area contributed by atoms with Gasteiger partial charge in [-0.2, -0.15) is 0 Å². The molecule has 0 aliphatic heterocycles. The molecule has 0 atom stereocenters. The number of hydrogen-bond donors (Lipinski definition) is 1. The number of aryl methyl sites for hydroxylation is 1. The molecule has 0 fully saturated rings. The summed E-state index contributed by atoms with van der Waals surface area (Å²) in [6, 6.07) is 7.36. The first-order valence-corrected chi connectivity index (χ1v) is 10.3. The average molecular weight is 407 g/mol. The number of hydrogen-bond acceptors (Lipinski definition) is 4. The SMILES string of the molecule is CCN(CC)CCNC(=O)c1ccc(COc2cc(C)c(Cl)cc2C(C)C)o1. The maximum absolute atomic E-state index is 12.2. The van der Waals surface area contributed by atoms with Crippen LogP contribution in [0.5, 0.6) is 5.75 Å². The lowest BCUT2D eigenvalue weighted by Crippen LogP contribution is -2.34. The van der Waals surface area contributed by atoms with Crippen molar-refractivity contribution >= 4 is 17.5 Å². The standard InChI is InChI=1S/C22H31ClN2O3/c1-6-25(7-2)11-10-24-22(26)20-9-8-17(28-20)14-27-21-12-16(5)19(23)13-18(21)15(3)4/h8-9,12-13,15H,6-7,10-11,14H2,1-5H3,(H,24,26). The Hall–Kier alpha value is -1.98. The summed E-state index contributed by atoms with van der Waals surface area (Å²) < 4.78 is 11.6. The van der Waals surface area contributed by atoms with Gasteiger partial charge in [-0.3, -0.25) is 4.79 Å². The second kappa shape index (κ2) is 10.5. The Morgan fingerprint density at radius 1 is 1.25 bits per heavy atom. The van der Waals surface area contributed by atoms with Gasteiger partial charge in [0.1, 0.15) is 18.1 Å². The van der Waals surface area contributed by atoms with Crippen molar-refractivity contribution in [2.45, 2.75) is 47.1 Å². The van der Waals surface area contributed by atoms with E-state index in [-0.39, 0.29) is 18.4 Å². The zero-order valence-electron chi connectivity index (χ0n) is 17.5. The molecule has 0 radical (unpaired) electrons. The summed E-state index contributed by atoms with van der Waals surface area (Å²) in [5, 5.41) is 3.63. The maximum Gasteiger partial charge on any atom is 0.287 e. The van der Waals surface area contributed by atoms with Crippen LogP contribution in [0.2, 0.25) is 5.02 Å². The molecule has 0 aliphatic carbocycles. The summed E-state index contributed by atoms with van der Waals surface area (Å²) in [5.74, 6) is 1.78. The molecule has 1 aromatic heterocycles. The fourth-order valence-corrected chi connectivity index (χ4v) is 3.10. The van der Waals surface area contributed by atoms with Gasteiger partial charge in [0.05, 0.1) is 0 Å². The molecule has 1 N–H and O–H groups in total. The van der Waals surface area contributed by atoms with Crippen LogP contribution in [0.4, 0.5) is 0 Å². The minimum absolute atomic E-state index is 0.205. The number of carbonyl (C=O) groups is 1. The molecule has 0 saturated heterocycles. The molecule has 2 rings (SSSR count). The Morgan fingerprint density at radius 3 is 2.61 bits per heavy atom. The van der Waals surface area contributed by atoms with Gasteiger partial charge in [0.25, 0.3) is 5.91 Å². The zero-order chi connectivity index (χ0) is 20.7. The van der Waals surface area contributed by atoms with Crippen molar-refractivity contribution in [3.8, 4) is 5.75 Å². The highest BCUT2D eigenvalue weighted by Gasteiger charge is 2.14. The number of rotatable bonds is 10. The third-order valence-corrected chi connectivity index (χ3v) is 5.18. The Morgan fingerprint density at radius 2 is 1.96 bits per heavy atom. The van der Waals surface area contributed by atoms with Gasteiger partial charge >= 0.3 is 0 Å². The summed E-state index contributed by atoms with van der Waals surface area (Å²) in [4.78, 5) is 14.5. The molecule has 1 aromatic carbocycles. The molecule has 0 unspecified atom stereocenters. The second-order valence-electron chi connectivity index (χ2n) is 7.13. The van der Waals surface area contributed by atoms with Crippen LogP contribution in [0.25, 0.3) is 0 Å². The van der Waals surface area contributed by atoms with Crippen LogP contribution in [0.15, 0.2) is 28.7 Å². The molecular weight excluding hydrogens is 376 g/mol. The lowest BCUT2D eigenvalue weighted by Gasteiger charge is -2.17. The highest BCUT2D eigenvalue weighted by Crippen LogP contribution is 2.32. The van der Waals surface area contributed by atoms with Crippen molar-refractivity contribution in [1.82, 2.24) is 10.2 Å². The molecule has 0 aliphatic rings. The van der Waals surface area contributed by atoms with Gasteiger partial charge in [-0.25, -0.2) is 0 Å². The summed E-state index contributed by atoms with van der Waals surface area (Å²) in [6.07, 6.45) is 0. The molecule has 0 saturated carbocycles. The first-order chi connectivity index (χ1) is 13.3. The van der Waals surface area contributed by atoms with Crippen molar-refractivity contribution in [2.75, 3.05) is 26.2 Å². The molecule has 1 amide bonds. The summed E-state index contributed by atoms with van der Waals surface area (Å²) in [6.45, 7) is 14.0. The molecule has 154 valence electrons. The number of amides is 1. The van der Waals surface area contributed by atoms with Crippen molar-refractivity contribution in [1.29, 1.82) is 0 Å². The smallest absolute Gasteiger partial charge is 0.287 e. The van der Waals surface area contributed by atoms with E-state index < -0.39 is 0 Å². The van der Waals surface area contributed by atoms with E-state index in [0.29, 0.717) is 18.1 Å². The molecule has 2 aromatic rings. The van der Waals surface area contributed by atoms with Crippen LogP contribution in [-0.2, 0) is 6.61 Å². The minimum Gasteiger partial charge on any atom is -0.485 e. The minimum atomic E-state index is -0.205. The first kappa shape index (κ1) is 22.3. The number of ether oxygens (including phenoxy) is 1. The number of likely N-dealkylation sites (N-methyl/N-ethyl adjacent to an activating group) is 1. The van der Waals surface area contributed by atoms with Gasteiger partial charge in [-0.1, -0.05) is 39.3 Å². The normalized spacial score (nSPS) is 11.3. The van der Waals surface area contributed by atoms with Crippen molar-refractivity contribution < 1.29 is 13.9 Å². The quantitative estimate of drug-likeness (QED) is 0.602. The van der Waals surface area contributed by atoms with Gasteiger partial charge in [-0.05, 0) is 61.3 Å². The molecule has 0 spiro atoms. The zero-order valence-corrected chi connectivity index (χ0v) is 18.2. The highest BCUT2D eigenvalue weighted by atomic mass is 35.5. The fourth-order valence-electron chi connectivity index (χ4n) is 2.93. The van der Waals surface area contributed by atoms with Crippen LogP contribution in [0.3, 0.4) is 0 Å². The van der Waals surface area contributed by atoms with E-state index in [2.05, 4.69) is 37.9 Å². The molecular formula is C22H31ClN2O3. The van der Waals surface area contributed by atoms with Crippen LogP contribution in [0, 0.1) is 6.92 Å². The number of carbonyl (C=O) groups excluding carboxylic acids is 1. The lowest BCUT2D eigenvalue weighted by molar-refractivity contribution is 0.0917. The van der Waals surface area contributed by atoms with Crippen LogP contribution in [-0.4, -0.2) is 37.0 Å². The van der Waals surface area contributed by atoms with E-state index >= 15 is 0 Å². The second-order valence-corrected chi connectivity index (χ2v) is 7.54. The van der Waals surface area contributed by atoms with E-state index in [4.69, 9.17) is 20.8 Å². The predicted molar refractivity (Wildman–Crippen MR) is 113 cm³/mol. The van der Waals surface area contributed by atoms with Gasteiger partial charge in [-0.15, -0.1) is 0 Å². The van der Waals surface area contributed by atoms with E-state index in [1.165, 1.54) is 0 Å². The largest absolute Gasteiger partial charge is 0.485 e. The van der Waals surface area contributed by atoms with Crippen LogP contribution < -0.4 is 10.1 Å². The van der Waals surface area contributed by atoms with Gasteiger partial charge in [0, 0.05) is 18.1 Å². The topological polar surface area (TPSA) is 54.7 Å². The van der Waals surface area contributed by atoms with E-state index in [0.717, 1.165) is 41.5 Å². The number of benzene rings is 1. The van der Waals surface area contributed by atoms with E-state index in [1.54, 1.807) is 12.1 Å². The number of furan rings is 1. The first-order valence-electron chi connectivity index (χ1n) is 9.87. The third kappa shape index (κ3) is 6.01. The summed E-state index contributed by atoms with van der Waals surface area (Å²) >= 11 is 6.24. The summed E-state index contributed by atoms with van der Waals surface area (Å²) in [7, 11) is 0. The number of nitrogens with zero attached hydrogens (tertiary/aromatic N) is 1. The molecule has 0 bridgehead atoms. The molecule has 5 nitrogen and oxygen atoms in total. The number of nitrogens with one attached hydrogen (secondary N) is 1. The van der Waals surface area contributed by atoms with Crippen molar-refractivity contribution in [3.63, 3.8) is 0 Å². The number of halogens is 1. The Labute approximate surface area is 173 Å².